The highest BCUT2D eigenvalue weighted by Crippen LogP contribution is 2.16. The van der Waals surface area contributed by atoms with Crippen molar-refractivity contribution in [1.29, 1.82) is 0 Å². The number of hydrogen-bond donors (Lipinski definition) is 2. The summed E-state index contributed by atoms with van der Waals surface area (Å²) in [5.74, 6) is 0.203. The molecule has 6 heteroatoms. The van der Waals surface area contributed by atoms with E-state index < -0.39 is 5.97 Å². The minimum atomic E-state index is -0.468. The molecule has 1 aromatic heterocycles. The van der Waals surface area contributed by atoms with Gasteiger partial charge in [-0.1, -0.05) is 25.7 Å². The first-order valence-corrected chi connectivity index (χ1v) is 7.69. The van der Waals surface area contributed by atoms with E-state index in [1.807, 2.05) is 0 Å². The van der Waals surface area contributed by atoms with Gasteiger partial charge in [-0.2, -0.15) is 0 Å². The van der Waals surface area contributed by atoms with Crippen LogP contribution in [0.2, 0.25) is 0 Å². The van der Waals surface area contributed by atoms with Crippen molar-refractivity contribution in [2.45, 2.75) is 44.6 Å². The Hall–Kier alpha value is -1.69. The van der Waals surface area contributed by atoms with Gasteiger partial charge in [-0.25, -0.2) is 4.79 Å². The zero-order valence-electron chi connectivity index (χ0n) is 12.6. The number of anilines is 1. The first-order valence-electron chi connectivity index (χ1n) is 7.69. The number of rotatable bonds is 6. The maximum atomic E-state index is 11.2. The van der Waals surface area contributed by atoms with Gasteiger partial charge in [0.2, 0.25) is 0 Å². The zero-order valence-corrected chi connectivity index (χ0v) is 12.6. The van der Waals surface area contributed by atoms with Gasteiger partial charge >= 0.3 is 5.97 Å². The normalized spacial score (nSPS) is 16.2. The molecule has 1 aliphatic rings. The predicted molar refractivity (Wildman–Crippen MR) is 81.4 cm³/mol. The predicted octanol–water partition coefficient (Wildman–Crippen LogP) is 1.99. The fraction of sp³-hybridized carbons (Fsp3) is 0.667. The summed E-state index contributed by atoms with van der Waals surface area (Å²) < 4.78 is 4.58. The van der Waals surface area contributed by atoms with Crippen LogP contribution in [0.4, 0.5) is 5.82 Å². The summed E-state index contributed by atoms with van der Waals surface area (Å²) in [6.07, 6.45) is 8.00. The Morgan fingerprint density at radius 2 is 1.95 bits per heavy atom. The van der Waals surface area contributed by atoms with Crippen molar-refractivity contribution in [3.63, 3.8) is 0 Å². The van der Waals surface area contributed by atoms with Crippen molar-refractivity contribution in [3.8, 4) is 0 Å². The van der Waals surface area contributed by atoms with E-state index in [9.17, 15) is 4.79 Å². The van der Waals surface area contributed by atoms with Crippen LogP contribution in [0.5, 0.6) is 0 Å². The molecule has 1 heterocycles. The number of esters is 1. The molecule has 0 saturated heterocycles. The number of carbonyl (C=O) groups excluding carboxylic acids is 1. The molecular formula is C15H24N4O2. The molecule has 116 valence electrons. The van der Waals surface area contributed by atoms with Gasteiger partial charge in [0.05, 0.1) is 7.11 Å². The fourth-order valence-corrected chi connectivity index (χ4v) is 2.59. The first-order chi connectivity index (χ1) is 10.3. The van der Waals surface area contributed by atoms with E-state index in [-0.39, 0.29) is 5.69 Å². The monoisotopic (exact) mass is 292 g/mol. The third kappa shape index (κ3) is 5.30. The molecule has 0 radical (unpaired) electrons. The Morgan fingerprint density at radius 1 is 1.19 bits per heavy atom. The van der Waals surface area contributed by atoms with Crippen molar-refractivity contribution in [1.82, 2.24) is 15.5 Å². The topological polar surface area (TPSA) is 76.1 Å². The number of hydrogen-bond acceptors (Lipinski definition) is 6. The molecule has 0 spiro atoms. The molecule has 0 aliphatic heterocycles. The van der Waals surface area contributed by atoms with Gasteiger partial charge in [0.1, 0.15) is 5.82 Å². The molecule has 21 heavy (non-hydrogen) atoms. The SMILES string of the molecule is COC(=O)c1ccc(NCCNC2CCCCCC2)nn1. The summed E-state index contributed by atoms with van der Waals surface area (Å²) in [5, 5.41) is 14.6. The van der Waals surface area contributed by atoms with Crippen LogP contribution in [0, 0.1) is 0 Å². The second-order valence-corrected chi connectivity index (χ2v) is 5.36. The molecule has 1 saturated carbocycles. The summed E-state index contributed by atoms with van der Waals surface area (Å²) >= 11 is 0. The van der Waals surface area contributed by atoms with Crippen LogP contribution in [0.15, 0.2) is 12.1 Å². The maximum Gasteiger partial charge on any atom is 0.358 e. The van der Waals surface area contributed by atoms with Crippen LogP contribution < -0.4 is 10.6 Å². The van der Waals surface area contributed by atoms with Gasteiger partial charge in [0.25, 0.3) is 0 Å². The standard InChI is InChI=1S/C15H24N4O2/c1-21-15(20)13-8-9-14(19-18-13)17-11-10-16-12-6-4-2-3-5-7-12/h8-9,12,16H,2-7,10-11H2,1H3,(H,17,19). The van der Waals surface area contributed by atoms with Crippen molar-refractivity contribution in [2.75, 3.05) is 25.5 Å². The number of ether oxygens (including phenoxy) is 1. The number of methoxy groups -OCH3 is 1. The average molecular weight is 292 g/mol. The van der Waals surface area contributed by atoms with Crippen LogP contribution in [-0.2, 0) is 4.74 Å². The summed E-state index contributed by atoms with van der Waals surface area (Å²) in [6.45, 7) is 1.70. The Bertz CT molecular complexity index is 428. The van der Waals surface area contributed by atoms with Crippen LogP contribution >= 0.6 is 0 Å². The molecule has 0 unspecified atom stereocenters. The van der Waals surface area contributed by atoms with Crippen molar-refractivity contribution in [3.05, 3.63) is 17.8 Å². The highest BCUT2D eigenvalue weighted by atomic mass is 16.5. The Morgan fingerprint density at radius 3 is 2.57 bits per heavy atom. The van der Waals surface area contributed by atoms with Crippen LogP contribution in [0.3, 0.4) is 0 Å². The lowest BCUT2D eigenvalue weighted by molar-refractivity contribution is 0.0593. The maximum absolute atomic E-state index is 11.2. The third-order valence-corrected chi connectivity index (χ3v) is 3.78. The van der Waals surface area contributed by atoms with Crippen LogP contribution in [0.1, 0.15) is 49.0 Å². The summed E-state index contributed by atoms with van der Waals surface area (Å²) in [5.41, 5.74) is 0.222. The molecule has 6 nitrogen and oxygen atoms in total. The van der Waals surface area contributed by atoms with Gasteiger partial charge in [-0.3, -0.25) is 0 Å². The van der Waals surface area contributed by atoms with E-state index in [2.05, 4.69) is 25.6 Å². The molecule has 0 atom stereocenters. The molecule has 2 N–H and O–H groups in total. The highest BCUT2D eigenvalue weighted by molar-refractivity contribution is 5.86. The molecule has 1 aliphatic carbocycles. The summed E-state index contributed by atoms with van der Waals surface area (Å²) in [4.78, 5) is 11.2. The van der Waals surface area contributed by atoms with E-state index in [1.165, 1.54) is 45.6 Å². The summed E-state index contributed by atoms with van der Waals surface area (Å²) in [7, 11) is 1.33. The number of aromatic nitrogens is 2. The smallest absolute Gasteiger partial charge is 0.358 e. The van der Waals surface area contributed by atoms with Crippen molar-refractivity contribution < 1.29 is 9.53 Å². The third-order valence-electron chi connectivity index (χ3n) is 3.78. The van der Waals surface area contributed by atoms with E-state index >= 15 is 0 Å². The van der Waals surface area contributed by atoms with E-state index in [0.29, 0.717) is 11.9 Å². The van der Waals surface area contributed by atoms with Gasteiger partial charge in [-0.15, -0.1) is 10.2 Å². The highest BCUT2D eigenvalue weighted by Gasteiger charge is 2.11. The van der Waals surface area contributed by atoms with Crippen molar-refractivity contribution >= 4 is 11.8 Å². The largest absolute Gasteiger partial charge is 0.464 e. The Balaban J connectivity index is 1.67. The quantitative estimate of drug-likeness (QED) is 0.474. The van der Waals surface area contributed by atoms with Gasteiger partial charge in [-0.05, 0) is 25.0 Å². The van der Waals surface area contributed by atoms with Crippen LogP contribution in [-0.4, -0.2) is 42.4 Å². The minimum absolute atomic E-state index is 0.222. The molecule has 1 fully saturated rings. The average Bonchev–Trinajstić information content (AvgIpc) is 2.80. The fourth-order valence-electron chi connectivity index (χ4n) is 2.59. The molecule has 2 rings (SSSR count). The van der Waals surface area contributed by atoms with E-state index in [1.54, 1.807) is 12.1 Å². The first kappa shape index (κ1) is 15.7. The molecule has 0 amide bonds. The van der Waals surface area contributed by atoms with Gasteiger partial charge in [0, 0.05) is 19.1 Å². The van der Waals surface area contributed by atoms with Crippen molar-refractivity contribution in [2.24, 2.45) is 0 Å². The summed E-state index contributed by atoms with van der Waals surface area (Å²) in [6, 6.07) is 4.01. The lowest BCUT2D eigenvalue weighted by atomic mass is 10.1. The zero-order chi connectivity index (χ0) is 14.9. The Kier molecular flexibility index (Phi) is 6.40. The molecule has 1 aromatic rings. The number of carbonyl (C=O) groups is 1. The van der Waals surface area contributed by atoms with Gasteiger partial charge in [0.15, 0.2) is 5.69 Å². The lowest BCUT2D eigenvalue weighted by Gasteiger charge is -2.16. The molecule has 0 aromatic carbocycles. The van der Waals surface area contributed by atoms with E-state index in [0.717, 1.165) is 13.1 Å². The van der Waals surface area contributed by atoms with Gasteiger partial charge < -0.3 is 15.4 Å². The Labute approximate surface area is 125 Å². The van der Waals surface area contributed by atoms with E-state index in [4.69, 9.17) is 0 Å². The lowest BCUT2D eigenvalue weighted by Crippen LogP contribution is -2.32. The number of nitrogens with zero attached hydrogens (tertiary/aromatic N) is 2. The molecule has 0 bridgehead atoms. The second kappa shape index (κ2) is 8.56. The van der Waals surface area contributed by atoms with Crippen LogP contribution in [0.25, 0.3) is 0 Å². The number of nitrogens with one attached hydrogen (secondary N) is 2. The second-order valence-electron chi connectivity index (χ2n) is 5.36. The minimum Gasteiger partial charge on any atom is -0.464 e. The molecular weight excluding hydrogens is 268 g/mol.